The number of halogens is 4. The molecule has 0 bridgehead atoms. The van der Waals surface area contributed by atoms with E-state index >= 15 is 0 Å². The number of anilines is 1. The first kappa shape index (κ1) is 19.0. The van der Waals surface area contributed by atoms with E-state index in [1.165, 1.54) is 21.3 Å². The fourth-order valence-corrected chi connectivity index (χ4v) is 2.38. The highest BCUT2D eigenvalue weighted by atomic mass is 35.5. The molecule has 0 aliphatic rings. The summed E-state index contributed by atoms with van der Waals surface area (Å²) in [4.78, 5) is 3.73. The number of ether oxygens (including phenoxy) is 3. The molecule has 1 heterocycles. The fourth-order valence-electron chi connectivity index (χ4n) is 2.15. The van der Waals surface area contributed by atoms with Crippen molar-refractivity contribution < 1.29 is 27.4 Å². The zero-order chi connectivity index (χ0) is 18.6. The second-order valence-electron chi connectivity index (χ2n) is 4.94. The maximum atomic E-state index is 12.6. The van der Waals surface area contributed by atoms with Crippen LogP contribution in [0.25, 0.3) is 0 Å². The molecule has 5 nitrogen and oxygen atoms in total. The Morgan fingerprint density at radius 3 is 2.08 bits per heavy atom. The number of benzene rings is 1. The van der Waals surface area contributed by atoms with Gasteiger partial charge in [0.1, 0.15) is 5.82 Å². The van der Waals surface area contributed by atoms with Crippen LogP contribution in [0.5, 0.6) is 17.2 Å². The largest absolute Gasteiger partial charge is 0.493 e. The molecular formula is C16H16ClF3N2O3. The zero-order valence-electron chi connectivity index (χ0n) is 13.7. The van der Waals surface area contributed by atoms with Crippen molar-refractivity contribution in [3.05, 3.63) is 40.5 Å². The number of rotatable bonds is 6. The molecule has 0 unspecified atom stereocenters. The van der Waals surface area contributed by atoms with Gasteiger partial charge in [0.15, 0.2) is 11.5 Å². The Labute approximate surface area is 147 Å². The van der Waals surface area contributed by atoms with Crippen molar-refractivity contribution in [1.82, 2.24) is 4.98 Å². The fraction of sp³-hybridized carbons (Fsp3) is 0.312. The molecule has 25 heavy (non-hydrogen) atoms. The third-order valence-electron chi connectivity index (χ3n) is 3.35. The van der Waals surface area contributed by atoms with E-state index in [-0.39, 0.29) is 17.4 Å². The highest BCUT2D eigenvalue weighted by Crippen LogP contribution is 2.38. The molecule has 0 amide bonds. The van der Waals surface area contributed by atoms with Crippen LogP contribution in [-0.2, 0) is 12.7 Å². The monoisotopic (exact) mass is 376 g/mol. The van der Waals surface area contributed by atoms with Gasteiger partial charge < -0.3 is 19.5 Å². The van der Waals surface area contributed by atoms with Crippen LogP contribution in [0.3, 0.4) is 0 Å². The van der Waals surface area contributed by atoms with Crippen molar-refractivity contribution in [3.8, 4) is 17.2 Å². The number of alkyl halides is 3. The number of nitrogens with zero attached hydrogens (tertiary/aromatic N) is 1. The second-order valence-corrected chi connectivity index (χ2v) is 5.35. The third-order valence-corrected chi connectivity index (χ3v) is 3.64. The van der Waals surface area contributed by atoms with Gasteiger partial charge in [-0.15, -0.1) is 0 Å². The molecule has 0 atom stereocenters. The Morgan fingerprint density at radius 2 is 1.64 bits per heavy atom. The van der Waals surface area contributed by atoms with E-state index in [4.69, 9.17) is 25.8 Å². The Hall–Kier alpha value is -2.35. The lowest BCUT2D eigenvalue weighted by molar-refractivity contribution is -0.137. The van der Waals surface area contributed by atoms with Crippen LogP contribution in [0, 0.1) is 0 Å². The van der Waals surface area contributed by atoms with Gasteiger partial charge in [-0.25, -0.2) is 4.98 Å². The van der Waals surface area contributed by atoms with Gasteiger partial charge in [0.05, 0.1) is 31.9 Å². The molecule has 2 rings (SSSR count). The van der Waals surface area contributed by atoms with Crippen molar-refractivity contribution in [1.29, 1.82) is 0 Å². The molecule has 0 fully saturated rings. The van der Waals surface area contributed by atoms with Crippen molar-refractivity contribution >= 4 is 17.4 Å². The summed E-state index contributed by atoms with van der Waals surface area (Å²) in [7, 11) is 4.47. The summed E-state index contributed by atoms with van der Waals surface area (Å²) >= 11 is 5.87. The molecule has 1 aromatic carbocycles. The Bertz CT molecular complexity index is 729. The summed E-state index contributed by atoms with van der Waals surface area (Å²) in [6.07, 6.45) is -3.77. The number of methoxy groups -OCH3 is 3. The van der Waals surface area contributed by atoms with Crippen LogP contribution in [0.2, 0.25) is 5.02 Å². The van der Waals surface area contributed by atoms with Gasteiger partial charge in [0.25, 0.3) is 0 Å². The van der Waals surface area contributed by atoms with Crippen molar-refractivity contribution in [2.24, 2.45) is 0 Å². The minimum Gasteiger partial charge on any atom is -0.493 e. The van der Waals surface area contributed by atoms with Crippen molar-refractivity contribution in [2.75, 3.05) is 26.6 Å². The lowest BCUT2D eigenvalue weighted by Gasteiger charge is -2.15. The Balaban J connectivity index is 2.21. The summed E-state index contributed by atoms with van der Waals surface area (Å²) in [5.74, 6) is 1.51. The highest BCUT2D eigenvalue weighted by Gasteiger charge is 2.31. The normalized spacial score (nSPS) is 11.2. The van der Waals surface area contributed by atoms with Gasteiger partial charge in [0.2, 0.25) is 5.75 Å². The first-order valence-corrected chi connectivity index (χ1v) is 7.43. The predicted molar refractivity (Wildman–Crippen MR) is 87.7 cm³/mol. The van der Waals surface area contributed by atoms with Gasteiger partial charge in [0, 0.05) is 12.7 Å². The van der Waals surface area contributed by atoms with Crippen molar-refractivity contribution in [2.45, 2.75) is 12.7 Å². The Morgan fingerprint density at radius 1 is 1.04 bits per heavy atom. The zero-order valence-corrected chi connectivity index (χ0v) is 14.5. The molecule has 2 aromatic rings. The maximum Gasteiger partial charge on any atom is 0.417 e. The first-order valence-electron chi connectivity index (χ1n) is 7.05. The molecule has 1 aromatic heterocycles. The number of pyridine rings is 1. The van der Waals surface area contributed by atoms with E-state index in [0.717, 1.165) is 17.8 Å². The van der Waals surface area contributed by atoms with Gasteiger partial charge in [-0.1, -0.05) is 11.6 Å². The maximum absolute atomic E-state index is 12.6. The summed E-state index contributed by atoms with van der Waals surface area (Å²) in [6.45, 7) is 0.245. The molecule has 0 spiro atoms. The average Bonchev–Trinajstić information content (AvgIpc) is 2.58. The van der Waals surface area contributed by atoms with Crippen LogP contribution in [0.4, 0.5) is 19.0 Å². The summed E-state index contributed by atoms with van der Waals surface area (Å²) in [6, 6.07) is 4.25. The van der Waals surface area contributed by atoms with Crippen LogP contribution >= 0.6 is 11.6 Å². The summed E-state index contributed by atoms with van der Waals surface area (Å²) < 4.78 is 53.6. The van der Waals surface area contributed by atoms with E-state index in [2.05, 4.69) is 10.3 Å². The van der Waals surface area contributed by atoms with Gasteiger partial charge in [-0.3, -0.25) is 0 Å². The quantitative estimate of drug-likeness (QED) is 0.810. The Kier molecular flexibility index (Phi) is 5.84. The topological polar surface area (TPSA) is 52.6 Å². The highest BCUT2D eigenvalue weighted by molar-refractivity contribution is 6.32. The lowest BCUT2D eigenvalue weighted by atomic mass is 10.1. The van der Waals surface area contributed by atoms with E-state index in [1.54, 1.807) is 12.1 Å². The van der Waals surface area contributed by atoms with Crippen LogP contribution in [0.15, 0.2) is 24.4 Å². The van der Waals surface area contributed by atoms with E-state index in [0.29, 0.717) is 17.2 Å². The molecule has 0 aliphatic carbocycles. The number of nitrogens with one attached hydrogen (secondary N) is 1. The smallest absolute Gasteiger partial charge is 0.417 e. The standard InChI is InChI=1S/C16H16ClF3N2O3/c1-23-12-4-9(5-13(24-2)14(12)25-3)7-21-15-11(17)6-10(8-22-15)16(18,19)20/h4-6,8H,7H2,1-3H3,(H,21,22). The molecule has 0 saturated heterocycles. The summed E-state index contributed by atoms with van der Waals surface area (Å²) in [5.41, 5.74) is -0.164. The molecule has 0 saturated carbocycles. The molecule has 0 aliphatic heterocycles. The lowest BCUT2D eigenvalue weighted by Crippen LogP contribution is -2.08. The van der Waals surface area contributed by atoms with Gasteiger partial charge in [-0.05, 0) is 23.8 Å². The van der Waals surface area contributed by atoms with E-state index in [1.807, 2.05) is 0 Å². The molecule has 9 heteroatoms. The van der Waals surface area contributed by atoms with Gasteiger partial charge in [-0.2, -0.15) is 13.2 Å². The van der Waals surface area contributed by atoms with Crippen LogP contribution < -0.4 is 19.5 Å². The molecule has 136 valence electrons. The average molecular weight is 377 g/mol. The minimum atomic E-state index is -4.49. The van der Waals surface area contributed by atoms with E-state index in [9.17, 15) is 13.2 Å². The second kappa shape index (κ2) is 7.69. The van der Waals surface area contributed by atoms with Crippen LogP contribution in [-0.4, -0.2) is 26.3 Å². The van der Waals surface area contributed by atoms with Crippen molar-refractivity contribution in [3.63, 3.8) is 0 Å². The first-order chi connectivity index (χ1) is 11.8. The molecule has 0 radical (unpaired) electrons. The van der Waals surface area contributed by atoms with Crippen LogP contribution in [0.1, 0.15) is 11.1 Å². The number of hydrogen-bond acceptors (Lipinski definition) is 5. The number of hydrogen-bond donors (Lipinski definition) is 1. The summed E-state index contributed by atoms with van der Waals surface area (Å²) in [5, 5.41) is 2.76. The minimum absolute atomic E-state index is 0.123. The molecule has 1 N–H and O–H groups in total. The predicted octanol–water partition coefficient (Wildman–Crippen LogP) is 4.39. The number of aromatic nitrogens is 1. The van der Waals surface area contributed by atoms with Gasteiger partial charge >= 0.3 is 6.18 Å². The molecular weight excluding hydrogens is 361 g/mol. The van der Waals surface area contributed by atoms with E-state index < -0.39 is 11.7 Å². The third kappa shape index (κ3) is 4.39. The SMILES string of the molecule is COc1cc(CNc2ncc(C(F)(F)F)cc2Cl)cc(OC)c1OC.